The topological polar surface area (TPSA) is 52.6 Å². The van der Waals surface area contributed by atoms with E-state index in [2.05, 4.69) is 5.32 Å². The second-order valence-electron chi connectivity index (χ2n) is 6.37. The fourth-order valence-corrected chi connectivity index (χ4v) is 3.83. The number of carbonyl (C=O) groups excluding carboxylic acids is 1. The lowest BCUT2D eigenvalue weighted by atomic mass is 9.97. The van der Waals surface area contributed by atoms with Crippen LogP contribution in [0.2, 0.25) is 0 Å². The molecule has 2 fully saturated rings. The van der Waals surface area contributed by atoms with Crippen molar-refractivity contribution in [2.45, 2.75) is 57.7 Å². The number of hydrogen-bond acceptors (Lipinski definition) is 3. The van der Waals surface area contributed by atoms with Crippen LogP contribution in [-0.4, -0.2) is 40.6 Å². The number of nitrogens with zero attached hydrogens (tertiary/aromatic N) is 1. The molecule has 0 aromatic heterocycles. The van der Waals surface area contributed by atoms with Gasteiger partial charge in [0.25, 0.3) is 5.91 Å². The van der Waals surface area contributed by atoms with Crippen molar-refractivity contribution in [1.82, 2.24) is 10.2 Å². The van der Waals surface area contributed by atoms with Crippen molar-refractivity contribution in [3.63, 3.8) is 0 Å². The summed E-state index contributed by atoms with van der Waals surface area (Å²) in [5, 5.41) is 13.6. The predicted molar refractivity (Wildman–Crippen MR) is 82.5 cm³/mol. The number of rotatable bonds is 3. The van der Waals surface area contributed by atoms with Gasteiger partial charge < -0.3 is 15.3 Å². The smallest absolute Gasteiger partial charge is 0.257 e. The van der Waals surface area contributed by atoms with Crippen molar-refractivity contribution in [2.24, 2.45) is 0 Å². The van der Waals surface area contributed by atoms with Crippen molar-refractivity contribution in [3.05, 3.63) is 29.3 Å². The van der Waals surface area contributed by atoms with Gasteiger partial charge in [-0.25, -0.2) is 0 Å². The van der Waals surface area contributed by atoms with Crippen LogP contribution in [0.5, 0.6) is 5.75 Å². The van der Waals surface area contributed by atoms with Gasteiger partial charge in [0.1, 0.15) is 5.75 Å². The molecule has 2 saturated heterocycles. The van der Waals surface area contributed by atoms with E-state index in [4.69, 9.17) is 0 Å². The maximum atomic E-state index is 12.8. The maximum absolute atomic E-state index is 12.8. The van der Waals surface area contributed by atoms with Gasteiger partial charge in [0.15, 0.2) is 0 Å². The molecule has 3 rings (SSSR count). The molecule has 0 saturated carbocycles. The Kier molecular flexibility index (Phi) is 3.89. The average Bonchev–Trinajstić information content (AvgIpc) is 2.81. The third-order valence-electron chi connectivity index (χ3n) is 4.87. The van der Waals surface area contributed by atoms with Gasteiger partial charge in [-0.1, -0.05) is 11.6 Å². The van der Waals surface area contributed by atoms with Crippen molar-refractivity contribution in [2.75, 3.05) is 6.54 Å². The Labute approximate surface area is 126 Å². The Morgan fingerprint density at radius 3 is 2.62 bits per heavy atom. The number of benzene rings is 1. The van der Waals surface area contributed by atoms with E-state index < -0.39 is 0 Å². The summed E-state index contributed by atoms with van der Waals surface area (Å²) in [5.41, 5.74) is 1.43. The number of aryl methyl sites for hydroxylation is 1. The van der Waals surface area contributed by atoms with Crippen molar-refractivity contribution in [1.29, 1.82) is 0 Å². The number of amides is 1. The molecule has 2 N–H and O–H groups in total. The molecule has 2 bridgehead atoms. The average molecular weight is 288 g/mol. The first-order chi connectivity index (χ1) is 10.1. The van der Waals surface area contributed by atoms with Gasteiger partial charge in [0, 0.05) is 24.7 Å². The monoisotopic (exact) mass is 288 g/mol. The van der Waals surface area contributed by atoms with Crippen LogP contribution in [0.25, 0.3) is 0 Å². The molecule has 2 aliphatic heterocycles. The highest BCUT2D eigenvalue weighted by atomic mass is 16.3. The van der Waals surface area contributed by atoms with Gasteiger partial charge >= 0.3 is 0 Å². The number of fused-ring (bicyclic) bond motifs is 2. The molecule has 0 spiro atoms. The summed E-state index contributed by atoms with van der Waals surface area (Å²) in [7, 11) is 0. The standard InChI is InChI=1S/C17H24N2O2/c1-3-19(14-9-12-5-6-13(10-14)18-12)17(21)15-8-11(2)4-7-16(15)20/h4,7-8,12-14,18,20H,3,5-6,9-10H2,1-2H3. The summed E-state index contributed by atoms with van der Waals surface area (Å²) in [6.07, 6.45) is 4.51. The zero-order chi connectivity index (χ0) is 15.0. The van der Waals surface area contributed by atoms with Crippen LogP contribution in [0.15, 0.2) is 18.2 Å². The van der Waals surface area contributed by atoms with E-state index >= 15 is 0 Å². The Morgan fingerprint density at radius 1 is 1.33 bits per heavy atom. The third kappa shape index (κ3) is 2.77. The van der Waals surface area contributed by atoms with Crippen LogP contribution >= 0.6 is 0 Å². The molecule has 0 aliphatic carbocycles. The van der Waals surface area contributed by atoms with E-state index in [0.29, 0.717) is 30.2 Å². The van der Waals surface area contributed by atoms with E-state index in [9.17, 15) is 9.90 Å². The fraction of sp³-hybridized carbons (Fsp3) is 0.588. The molecule has 1 amide bonds. The summed E-state index contributed by atoms with van der Waals surface area (Å²) in [6.45, 7) is 4.66. The lowest BCUT2D eigenvalue weighted by molar-refractivity contribution is 0.0628. The minimum absolute atomic E-state index is 0.0370. The van der Waals surface area contributed by atoms with Crippen LogP contribution in [0.4, 0.5) is 0 Å². The highest BCUT2D eigenvalue weighted by Gasteiger charge is 2.37. The predicted octanol–water partition coefficient (Wildman–Crippen LogP) is 2.45. The number of piperidine rings is 1. The first kappa shape index (κ1) is 14.4. The zero-order valence-corrected chi connectivity index (χ0v) is 12.8. The van der Waals surface area contributed by atoms with Crippen LogP contribution < -0.4 is 5.32 Å². The quantitative estimate of drug-likeness (QED) is 0.898. The third-order valence-corrected chi connectivity index (χ3v) is 4.87. The largest absolute Gasteiger partial charge is 0.507 e. The second kappa shape index (κ2) is 5.68. The highest BCUT2D eigenvalue weighted by Crippen LogP contribution is 2.31. The molecule has 1 aromatic rings. The van der Waals surface area contributed by atoms with Gasteiger partial charge in [-0.3, -0.25) is 4.79 Å². The van der Waals surface area contributed by atoms with Gasteiger partial charge in [-0.2, -0.15) is 0 Å². The molecule has 2 aliphatic rings. The lowest BCUT2D eigenvalue weighted by Crippen LogP contribution is -2.50. The zero-order valence-electron chi connectivity index (χ0n) is 12.8. The fourth-order valence-electron chi connectivity index (χ4n) is 3.83. The first-order valence-corrected chi connectivity index (χ1v) is 7.95. The van der Waals surface area contributed by atoms with Crippen molar-refractivity contribution >= 4 is 5.91 Å². The van der Waals surface area contributed by atoms with Gasteiger partial charge in [-0.05, 0) is 51.7 Å². The minimum Gasteiger partial charge on any atom is -0.507 e. The SMILES string of the molecule is CCN(C(=O)c1cc(C)ccc1O)C1CC2CCC(C1)N2. The first-order valence-electron chi connectivity index (χ1n) is 7.95. The summed E-state index contributed by atoms with van der Waals surface area (Å²) < 4.78 is 0. The molecule has 114 valence electrons. The summed E-state index contributed by atoms with van der Waals surface area (Å²) in [4.78, 5) is 14.8. The Morgan fingerprint density at radius 2 is 2.00 bits per heavy atom. The molecule has 2 unspecified atom stereocenters. The van der Waals surface area contributed by atoms with E-state index in [1.54, 1.807) is 12.1 Å². The van der Waals surface area contributed by atoms with Crippen molar-refractivity contribution < 1.29 is 9.90 Å². The summed E-state index contributed by atoms with van der Waals surface area (Å²) in [5.74, 6) is 0.0472. The molecule has 1 aromatic carbocycles. The van der Waals surface area contributed by atoms with Gasteiger partial charge in [0.2, 0.25) is 0 Å². The van der Waals surface area contributed by atoms with E-state index in [-0.39, 0.29) is 11.7 Å². The number of carbonyl (C=O) groups is 1. The Balaban J connectivity index is 1.82. The number of nitrogens with one attached hydrogen (secondary N) is 1. The van der Waals surface area contributed by atoms with E-state index in [1.165, 1.54) is 12.8 Å². The van der Waals surface area contributed by atoms with Gasteiger partial charge in [-0.15, -0.1) is 0 Å². The second-order valence-corrected chi connectivity index (χ2v) is 6.37. The normalized spacial score (nSPS) is 27.6. The maximum Gasteiger partial charge on any atom is 0.257 e. The molecule has 2 heterocycles. The van der Waals surface area contributed by atoms with Crippen LogP contribution in [0.3, 0.4) is 0 Å². The molecule has 21 heavy (non-hydrogen) atoms. The molecule has 4 nitrogen and oxygen atoms in total. The molecular weight excluding hydrogens is 264 g/mol. The van der Waals surface area contributed by atoms with Crippen molar-refractivity contribution in [3.8, 4) is 5.75 Å². The van der Waals surface area contributed by atoms with E-state index in [0.717, 1.165) is 18.4 Å². The summed E-state index contributed by atoms with van der Waals surface area (Å²) in [6, 6.07) is 6.63. The highest BCUT2D eigenvalue weighted by molar-refractivity contribution is 5.97. The molecule has 4 heteroatoms. The summed E-state index contributed by atoms with van der Waals surface area (Å²) >= 11 is 0. The Hall–Kier alpha value is -1.55. The van der Waals surface area contributed by atoms with Crippen LogP contribution in [-0.2, 0) is 0 Å². The number of aromatic hydroxyl groups is 1. The molecular formula is C17H24N2O2. The van der Waals surface area contributed by atoms with Crippen LogP contribution in [0.1, 0.15) is 48.5 Å². The van der Waals surface area contributed by atoms with E-state index in [1.807, 2.05) is 24.8 Å². The Bertz CT molecular complexity index is 532. The number of phenols is 1. The van der Waals surface area contributed by atoms with Gasteiger partial charge in [0.05, 0.1) is 5.56 Å². The number of phenolic OH excluding ortho intramolecular Hbond substituents is 1. The molecule has 0 radical (unpaired) electrons. The lowest BCUT2D eigenvalue weighted by Gasteiger charge is -2.37. The molecule has 2 atom stereocenters. The number of hydrogen-bond donors (Lipinski definition) is 2. The minimum atomic E-state index is -0.0370. The van der Waals surface area contributed by atoms with Crippen LogP contribution in [0, 0.1) is 6.92 Å².